The van der Waals surface area contributed by atoms with Crippen LogP contribution in [0.15, 0.2) is 0 Å². The number of nitrogens with one attached hydrogen (secondary N) is 2. The van der Waals surface area contributed by atoms with Gasteiger partial charge >= 0.3 is 0 Å². The van der Waals surface area contributed by atoms with Crippen molar-refractivity contribution in [1.82, 2.24) is 15.5 Å². The maximum absolute atomic E-state index is 11.8. The zero-order valence-corrected chi connectivity index (χ0v) is 12.0. The van der Waals surface area contributed by atoms with Crippen molar-refractivity contribution >= 4 is 5.91 Å². The van der Waals surface area contributed by atoms with E-state index in [2.05, 4.69) is 22.5 Å². The number of hydrogen-bond acceptors (Lipinski definition) is 4. The molecule has 0 aromatic carbocycles. The van der Waals surface area contributed by atoms with Crippen LogP contribution in [0.3, 0.4) is 0 Å². The smallest absolute Gasteiger partial charge is 0.234 e. The summed E-state index contributed by atoms with van der Waals surface area (Å²) in [4.78, 5) is 14.3. The van der Waals surface area contributed by atoms with E-state index in [0.29, 0.717) is 18.6 Å². The van der Waals surface area contributed by atoms with Gasteiger partial charge in [0.15, 0.2) is 0 Å². The van der Waals surface area contributed by atoms with E-state index < -0.39 is 0 Å². The first kappa shape index (κ1) is 14.8. The molecule has 0 aromatic rings. The fourth-order valence-corrected chi connectivity index (χ4v) is 3.02. The molecule has 2 aliphatic rings. The van der Waals surface area contributed by atoms with Crippen molar-refractivity contribution in [3.8, 4) is 0 Å². The predicted molar refractivity (Wildman–Crippen MR) is 75.1 cm³/mol. The van der Waals surface area contributed by atoms with Crippen LogP contribution in [0.4, 0.5) is 0 Å². The molecule has 1 unspecified atom stereocenters. The zero-order valence-electron chi connectivity index (χ0n) is 12.0. The molecular weight excluding hydrogens is 242 g/mol. The lowest BCUT2D eigenvalue weighted by molar-refractivity contribution is -0.121. The van der Waals surface area contributed by atoms with E-state index in [1.54, 1.807) is 0 Å². The summed E-state index contributed by atoms with van der Waals surface area (Å²) in [7, 11) is 0. The minimum absolute atomic E-state index is 0.118. The molecule has 2 saturated heterocycles. The third-order valence-corrected chi connectivity index (χ3v) is 4.16. The molecule has 0 radical (unpaired) electrons. The minimum Gasteiger partial charge on any atom is -0.381 e. The van der Waals surface area contributed by atoms with E-state index in [1.807, 2.05) is 0 Å². The van der Waals surface area contributed by atoms with Gasteiger partial charge in [0, 0.05) is 31.8 Å². The fourth-order valence-electron chi connectivity index (χ4n) is 3.02. The van der Waals surface area contributed by atoms with Crippen molar-refractivity contribution in [2.24, 2.45) is 0 Å². The molecule has 2 N–H and O–H groups in total. The van der Waals surface area contributed by atoms with Gasteiger partial charge in [-0.15, -0.1) is 0 Å². The van der Waals surface area contributed by atoms with Gasteiger partial charge in [0.05, 0.1) is 6.54 Å². The molecule has 0 bridgehead atoms. The summed E-state index contributed by atoms with van der Waals surface area (Å²) in [5, 5.41) is 6.37. The Bertz CT molecular complexity index is 280. The molecule has 19 heavy (non-hydrogen) atoms. The summed E-state index contributed by atoms with van der Waals surface area (Å²) in [6, 6.07) is 0.919. The van der Waals surface area contributed by atoms with Crippen LogP contribution >= 0.6 is 0 Å². The van der Waals surface area contributed by atoms with Crippen molar-refractivity contribution in [3.63, 3.8) is 0 Å². The van der Waals surface area contributed by atoms with Crippen molar-refractivity contribution < 1.29 is 9.53 Å². The molecule has 0 spiro atoms. The Morgan fingerprint density at radius 1 is 1.32 bits per heavy atom. The number of hydrogen-bond donors (Lipinski definition) is 2. The van der Waals surface area contributed by atoms with Gasteiger partial charge in [0.2, 0.25) is 5.91 Å². The lowest BCUT2D eigenvalue weighted by atomic mass is 10.1. The van der Waals surface area contributed by atoms with Gasteiger partial charge in [-0.05, 0) is 38.8 Å². The SMILES string of the molecule is CCN1CCCC1CNCC(=O)NC1CCOCC1. The van der Waals surface area contributed by atoms with Gasteiger partial charge in [0.25, 0.3) is 0 Å². The van der Waals surface area contributed by atoms with Gasteiger partial charge in [-0.1, -0.05) is 6.92 Å². The fraction of sp³-hybridized carbons (Fsp3) is 0.929. The first-order valence-corrected chi connectivity index (χ1v) is 7.61. The molecule has 1 amide bonds. The first-order valence-electron chi connectivity index (χ1n) is 7.61. The largest absolute Gasteiger partial charge is 0.381 e. The van der Waals surface area contributed by atoms with Crippen LogP contribution < -0.4 is 10.6 Å². The van der Waals surface area contributed by atoms with Crippen molar-refractivity contribution in [2.75, 3.05) is 39.4 Å². The topological polar surface area (TPSA) is 53.6 Å². The van der Waals surface area contributed by atoms with Crippen LogP contribution in [0.25, 0.3) is 0 Å². The third kappa shape index (κ3) is 4.75. The van der Waals surface area contributed by atoms with E-state index in [9.17, 15) is 4.79 Å². The molecule has 2 rings (SSSR count). The second-order valence-corrected chi connectivity index (χ2v) is 5.51. The summed E-state index contributed by atoms with van der Waals surface area (Å²) < 4.78 is 5.28. The van der Waals surface area contributed by atoms with Crippen LogP contribution in [0.1, 0.15) is 32.6 Å². The summed E-state index contributed by atoms with van der Waals surface area (Å²) >= 11 is 0. The van der Waals surface area contributed by atoms with E-state index in [1.165, 1.54) is 19.4 Å². The van der Waals surface area contributed by atoms with Crippen LogP contribution in [-0.2, 0) is 9.53 Å². The molecule has 0 saturated carbocycles. The van der Waals surface area contributed by atoms with Crippen LogP contribution in [0, 0.1) is 0 Å². The van der Waals surface area contributed by atoms with Crippen molar-refractivity contribution in [2.45, 2.75) is 44.7 Å². The Morgan fingerprint density at radius 3 is 2.84 bits per heavy atom. The van der Waals surface area contributed by atoms with E-state index in [-0.39, 0.29) is 5.91 Å². The monoisotopic (exact) mass is 269 g/mol. The first-order chi connectivity index (χ1) is 9.29. The quantitative estimate of drug-likeness (QED) is 0.731. The number of amides is 1. The predicted octanol–water partition coefficient (Wildman–Crippen LogP) is 0.356. The lowest BCUT2D eigenvalue weighted by Gasteiger charge is -2.24. The third-order valence-electron chi connectivity index (χ3n) is 4.16. The number of carbonyl (C=O) groups excluding carboxylic acids is 1. The number of likely N-dealkylation sites (tertiary alicyclic amines) is 1. The summed E-state index contributed by atoms with van der Waals surface area (Å²) in [6.07, 6.45) is 4.42. The second-order valence-electron chi connectivity index (χ2n) is 5.51. The second kappa shape index (κ2) is 7.82. The summed E-state index contributed by atoms with van der Waals surface area (Å²) in [5.74, 6) is 0.118. The average molecular weight is 269 g/mol. The summed E-state index contributed by atoms with van der Waals surface area (Å²) in [5.41, 5.74) is 0. The number of nitrogens with zero attached hydrogens (tertiary/aromatic N) is 1. The molecule has 1 atom stereocenters. The lowest BCUT2D eigenvalue weighted by Crippen LogP contribution is -2.45. The minimum atomic E-state index is 0.118. The van der Waals surface area contributed by atoms with Gasteiger partial charge in [0.1, 0.15) is 0 Å². The molecule has 0 aromatic heterocycles. The maximum Gasteiger partial charge on any atom is 0.234 e. The van der Waals surface area contributed by atoms with Crippen LogP contribution in [-0.4, -0.2) is 62.3 Å². The molecule has 5 nitrogen and oxygen atoms in total. The highest BCUT2D eigenvalue weighted by molar-refractivity contribution is 5.78. The Labute approximate surface area is 116 Å². The number of carbonyl (C=O) groups is 1. The Balaban J connectivity index is 1.58. The van der Waals surface area contributed by atoms with Gasteiger partial charge < -0.3 is 15.4 Å². The number of rotatable bonds is 6. The highest BCUT2D eigenvalue weighted by Gasteiger charge is 2.22. The van der Waals surface area contributed by atoms with Crippen molar-refractivity contribution in [1.29, 1.82) is 0 Å². The molecule has 5 heteroatoms. The Morgan fingerprint density at radius 2 is 2.11 bits per heavy atom. The van der Waals surface area contributed by atoms with Gasteiger partial charge in [-0.25, -0.2) is 0 Å². The number of likely N-dealkylation sites (N-methyl/N-ethyl adjacent to an activating group) is 1. The maximum atomic E-state index is 11.8. The van der Waals surface area contributed by atoms with Crippen LogP contribution in [0.2, 0.25) is 0 Å². The molecule has 110 valence electrons. The molecule has 2 heterocycles. The molecule has 2 aliphatic heterocycles. The van der Waals surface area contributed by atoms with Crippen LogP contribution in [0.5, 0.6) is 0 Å². The van der Waals surface area contributed by atoms with Gasteiger partial charge in [-0.2, -0.15) is 0 Å². The molecular formula is C14H27N3O2. The van der Waals surface area contributed by atoms with Crippen molar-refractivity contribution in [3.05, 3.63) is 0 Å². The standard InChI is InChI=1S/C14H27N3O2/c1-2-17-7-3-4-13(17)10-15-11-14(18)16-12-5-8-19-9-6-12/h12-13,15H,2-11H2,1H3,(H,16,18). The number of ether oxygens (including phenoxy) is 1. The average Bonchev–Trinajstić information content (AvgIpc) is 2.87. The van der Waals surface area contributed by atoms with E-state index in [4.69, 9.17) is 4.74 Å². The highest BCUT2D eigenvalue weighted by Crippen LogP contribution is 2.15. The molecule has 0 aliphatic carbocycles. The highest BCUT2D eigenvalue weighted by atomic mass is 16.5. The zero-order chi connectivity index (χ0) is 13.5. The Kier molecular flexibility index (Phi) is 6.07. The van der Waals surface area contributed by atoms with E-state index >= 15 is 0 Å². The van der Waals surface area contributed by atoms with E-state index in [0.717, 1.165) is 39.1 Å². The molecule has 2 fully saturated rings. The summed E-state index contributed by atoms with van der Waals surface area (Å²) in [6.45, 7) is 7.42. The normalized spacial score (nSPS) is 25.6. The van der Waals surface area contributed by atoms with Gasteiger partial charge in [-0.3, -0.25) is 9.69 Å². The Hall–Kier alpha value is -0.650.